The Bertz CT molecular complexity index is 1060. The van der Waals surface area contributed by atoms with Crippen molar-refractivity contribution in [2.45, 2.75) is 25.4 Å². The van der Waals surface area contributed by atoms with E-state index in [1.807, 2.05) is 37.5 Å². The average molecular weight is 372 g/mol. The van der Waals surface area contributed by atoms with E-state index in [9.17, 15) is 0 Å². The molecule has 0 saturated carbocycles. The van der Waals surface area contributed by atoms with E-state index < -0.39 is 0 Å². The Morgan fingerprint density at radius 2 is 2.25 bits per heavy atom. The van der Waals surface area contributed by atoms with Crippen LogP contribution in [0.2, 0.25) is 0 Å². The third-order valence-corrected chi connectivity index (χ3v) is 4.82. The lowest BCUT2D eigenvalue weighted by molar-refractivity contribution is 0.183. The van der Waals surface area contributed by atoms with E-state index in [0.717, 1.165) is 30.5 Å². The number of ether oxygens (including phenoxy) is 1. The smallest absolute Gasteiger partial charge is 0.140 e. The molecule has 140 valence electrons. The summed E-state index contributed by atoms with van der Waals surface area (Å²) < 4.78 is 7.96. The third-order valence-electron chi connectivity index (χ3n) is 4.82. The molecule has 1 aliphatic rings. The van der Waals surface area contributed by atoms with E-state index in [-0.39, 0.29) is 6.10 Å². The third kappa shape index (κ3) is 3.58. The largest absolute Gasteiger partial charge is 0.484 e. The molecule has 0 fully saturated rings. The van der Waals surface area contributed by atoms with E-state index in [2.05, 4.69) is 21.5 Å². The minimum Gasteiger partial charge on any atom is -0.484 e. The minimum atomic E-state index is -0.0737. The number of rotatable bonds is 5. The topological polar surface area (TPSA) is 99.6 Å². The van der Waals surface area contributed by atoms with Crippen LogP contribution in [-0.4, -0.2) is 21.0 Å². The predicted molar refractivity (Wildman–Crippen MR) is 106 cm³/mol. The molecule has 3 aromatic rings. The Morgan fingerprint density at radius 1 is 1.36 bits per heavy atom. The molecule has 7 nitrogen and oxygen atoms in total. The maximum absolute atomic E-state index is 9.12. The van der Waals surface area contributed by atoms with Gasteiger partial charge in [0.2, 0.25) is 0 Å². The standard InChI is InChI=1S/C21H20N6O/c1-27-13-16(11-25-27)26-19-8-17(12-24-20(19)10-23)28-21-4-2-3-15-7-14(9-22)5-6-18(15)21/h5-8,10-13,21,23,26H,2-4H2,1H3. The molecular weight excluding hydrogens is 352 g/mol. The monoisotopic (exact) mass is 372 g/mol. The summed E-state index contributed by atoms with van der Waals surface area (Å²) in [7, 11) is 1.85. The lowest BCUT2D eigenvalue weighted by atomic mass is 9.88. The van der Waals surface area contributed by atoms with Crippen molar-refractivity contribution in [1.29, 1.82) is 10.7 Å². The molecule has 0 saturated heterocycles. The quantitative estimate of drug-likeness (QED) is 0.662. The first-order valence-electron chi connectivity index (χ1n) is 9.12. The molecule has 4 rings (SSSR count). The molecule has 0 radical (unpaired) electrons. The number of nitriles is 1. The van der Waals surface area contributed by atoms with Gasteiger partial charge in [-0.3, -0.25) is 4.68 Å². The number of hydrogen-bond donors (Lipinski definition) is 2. The molecule has 0 amide bonds. The fourth-order valence-corrected chi connectivity index (χ4v) is 3.50. The van der Waals surface area contributed by atoms with Crippen LogP contribution in [0.5, 0.6) is 5.75 Å². The first-order chi connectivity index (χ1) is 13.7. The summed E-state index contributed by atoms with van der Waals surface area (Å²) in [5, 5.41) is 24.1. The Labute approximate surface area is 163 Å². The van der Waals surface area contributed by atoms with E-state index in [4.69, 9.17) is 15.4 Å². The number of anilines is 2. The number of pyridine rings is 1. The van der Waals surface area contributed by atoms with Gasteiger partial charge in [-0.15, -0.1) is 0 Å². The van der Waals surface area contributed by atoms with E-state index in [0.29, 0.717) is 22.7 Å². The number of aryl methyl sites for hydroxylation is 2. The number of benzene rings is 1. The minimum absolute atomic E-state index is 0.0737. The average Bonchev–Trinajstić information content (AvgIpc) is 3.12. The normalized spacial score (nSPS) is 15.4. The second-order valence-electron chi connectivity index (χ2n) is 6.80. The van der Waals surface area contributed by atoms with Crippen molar-refractivity contribution in [2.75, 3.05) is 5.32 Å². The zero-order valence-electron chi connectivity index (χ0n) is 15.5. The van der Waals surface area contributed by atoms with Crippen molar-refractivity contribution < 1.29 is 4.74 Å². The predicted octanol–water partition coefficient (Wildman–Crippen LogP) is 3.88. The molecule has 28 heavy (non-hydrogen) atoms. The van der Waals surface area contributed by atoms with Crippen LogP contribution in [0, 0.1) is 16.7 Å². The first-order valence-corrected chi connectivity index (χ1v) is 9.12. The Kier molecular flexibility index (Phi) is 4.77. The summed E-state index contributed by atoms with van der Waals surface area (Å²) in [6.45, 7) is 0. The second kappa shape index (κ2) is 7.53. The van der Waals surface area contributed by atoms with Crippen LogP contribution in [0.15, 0.2) is 42.9 Å². The van der Waals surface area contributed by atoms with Crippen LogP contribution in [0.3, 0.4) is 0 Å². The van der Waals surface area contributed by atoms with Crippen LogP contribution in [0.4, 0.5) is 11.4 Å². The van der Waals surface area contributed by atoms with Gasteiger partial charge >= 0.3 is 0 Å². The Hall–Kier alpha value is -3.66. The first kappa shape index (κ1) is 17.7. The Morgan fingerprint density at radius 3 is 3.00 bits per heavy atom. The van der Waals surface area contributed by atoms with Crippen LogP contribution in [0.25, 0.3) is 0 Å². The lowest BCUT2D eigenvalue weighted by Gasteiger charge is -2.26. The highest BCUT2D eigenvalue weighted by Gasteiger charge is 2.22. The molecule has 1 aliphatic carbocycles. The van der Waals surface area contributed by atoms with Gasteiger partial charge in [-0.25, -0.2) is 4.98 Å². The molecule has 7 heteroatoms. The highest BCUT2D eigenvalue weighted by atomic mass is 16.5. The van der Waals surface area contributed by atoms with Gasteiger partial charge in [0.1, 0.15) is 17.5 Å². The number of aromatic nitrogens is 3. The van der Waals surface area contributed by atoms with Crippen LogP contribution in [0.1, 0.15) is 41.3 Å². The number of nitrogens with one attached hydrogen (secondary N) is 2. The maximum atomic E-state index is 9.12. The van der Waals surface area contributed by atoms with Crippen LogP contribution in [-0.2, 0) is 13.5 Å². The van der Waals surface area contributed by atoms with Crippen molar-refractivity contribution >= 4 is 17.6 Å². The van der Waals surface area contributed by atoms with Gasteiger partial charge in [0, 0.05) is 25.5 Å². The van der Waals surface area contributed by atoms with Crippen molar-refractivity contribution in [3.8, 4) is 11.8 Å². The molecule has 0 spiro atoms. The highest BCUT2D eigenvalue weighted by Crippen LogP contribution is 2.35. The molecule has 1 aromatic carbocycles. The fourth-order valence-electron chi connectivity index (χ4n) is 3.50. The summed E-state index contributed by atoms with van der Waals surface area (Å²) in [5.41, 5.74) is 5.02. The van der Waals surface area contributed by atoms with E-state index >= 15 is 0 Å². The van der Waals surface area contributed by atoms with Gasteiger partial charge in [0.25, 0.3) is 0 Å². The second-order valence-corrected chi connectivity index (χ2v) is 6.80. The maximum Gasteiger partial charge on any atom is 0.140 e. The molecule has 0 aliphatic heterocycles. The summed E-state index contributed by atoms with van der Waals surface area (Å²) in [5.74, 6) is 0.638. The zero-order chi connectivity index (χ0) is 19.5. The molecule has 0 bridgehead atoms. The van der Waals surface area contributed by atoms with Crippen LogP contribution >= 0.6 is 0 Å². The molecule has 1 unspecified atom stereocenters. The summed E-state index contributed by atoms with van der Waals surface area (Å²) in [4.78, 5) is 4.35. The summed E-state index contributed by atoms with van der Waals surface area (Å²) in [6.07, 6.45) is 9.24. The van der Waals surface area contributed by atoms with E-state index in [1.54, 1.807) is 17.1 Å². The van der Waals surface area contributed by atoms with Crippen molar-refractivity contribution in [2.24, 2.45) is 7.05 Å². The molecule has 2 aromatic heterocycles. The number of fused-ring (bicyclic) bond motifs is 1. The molecule has 2 N–H and O–H groups in total. The highest BCUT2D eigenvalue weighted by molar-refractivity contribution is 5.85. The van der Waals surface area contributed by atoms with Gasteiger partial charge in [-0.05, 0) is 42.5 Å². The van der Waals surface area contributed by atoms with Gasteiger partial charge in [-0.2, -0.15) is 10.4 Å². The van der Waals surface area contributed by atoms with Gasteiger partial charge in [0.05, 0.1) is 35.4 Å². The van der Waals surface area contributed by atoms with Crippen LogP contribution < -0.4 is 10.1 Å². The summed E-state index contributed by atoms with van der Waals surface area (Å²) >= 11 is 0. The number of hydrogen-bond acceptors (Lipinski definition) is 6. The SMILES string of the molecule is Cn1cc(Nc2cc(OC3CCCc4cc(C#N)ccc43)cnc2C=N)cn1. The molecule has 2 heterocycles. The number of nitrogens with zero attached hydrogens (tertiary/aromatic N) is 4. The lowest BCUT2D eigenvalue weighted by Crippen LogP contribution is -2.15. The van der Waals surface area contributed by atoms with Crippen molar-refractivity contribution in [1.82, 2.24) is 14.8 Å². The van der Waals surface area contributed by atoms with Gasteiger partial charge in [0.15, 0.2) is 0 Å². The molecular formula is C21H20N6O. The van der Waals surface area contributed by atoms with Crippen molar-refractivity contribution in [3.63, 3.8) is 0 Å². The Balaban J connectivity index is 1.60. The summed E-state index contributed by atoms with van der Waals surface area (Å²) in [6, 6.07) is 9.85. The molecule has 1 atom stereocenters. The van der Waals surface area contributed by atoms with Gasteiger partial charge in [-0.1, -0.05) is 6.07 Å². The zero-order valence-corrected chi connectivity index (χ0v) is 15.5. The van der Waals surface area contributed by atoms with Gasteiger partial charge < -0.3 is 15.5 Å². The fraction of sp³-hybridized carbons (Fsp3) is 0.238. The van der Waals surface area contributed by atoms with Crippen molar-refractivity contribution in [3.05, 3.63) is 65.2 Å². The van der Waals surface area contributed by atoms with E-state index in [1.165, 1.54) is 11.8 Å².